The molecule has 10 heteroatoms. The van der Waals surface area contributed by atoms with E-state index in [9.17, 15) is 14.0 Å². The van der Waals surface area contributed by atoms with Crippen LogP contribution in [0.3, 0.4) is 0 Å². The van der Waals surface area contributed by atoms with E-state index in [4.69, 9.17) is 21.1 Å². The van der Waals surface area contributed by atoms with Crippen molar-refractivity contribution in [2.24, 2.45) is 0 Å². The second kappa shape index (κ2) is 7.44. The number of hydrogen-bond acceptors (Lipinski definition) is 5. The number of benzene rings is 2. The molecular formula is C21H14ClFN4O4. The number of carbonyl (C=O) groups is 1. The van der Waals surface area contributed by atoms with E-state index in [0.717, 1.165) is 11.6 Å². The second-order valence-corrected chi connectivity index (χ2v) is 7.24. The van der Waals surface area contributed by atoms with Gasteiger partial charge in [-0.05, 0) is 42.5 Å². The van der Waals surface area contributed by atoms with Crippen LogP contribution < -0.4 is 20.3 Å². The Morgan fingerprint density at radius 1 is 1.13 bits per heavy atom. The van der Waals surface area contributed by atoms with Crippen LogP contribution >= 0.6 is 11.6 Å². The molecule has 1 N–H and O–H groups in total. The summed E-state index contributed by atoms with van der Waals surface area (Å²) in [6.07, 6.45) is 3.07. The van der Waals surface area contributed by atoms with E-state index in [0.29, 0.717) is 28.4 Å². The minimum atomic E-state index is -0.583. The minimum absolute atomic E-state index is 0.105. The molecular weight excluding hydrogens is 427 g/mol. The van der Waals surface area contributed by atoms with Crippen molar-refractivity contribution >= 4 is 28.7 Å². The van der Waals surface area contributed by atoms with Crippen LogP contribution in [0.2, 0.25) is 5.02 Å². The molecule has 2 aromatic carbocycles. The van der Waals surface area contributed by atoms with Crippen molar-refractivity contribution in [3.8, 4) is 22.8 Å². The van der Waals surface area contributed by atoms with E-state index in [2.05, 4.69) is 10.4 Å². The number of rotatable bonds is 4. The highest BCUT2D eigenvalue weighted by Gasteiger charge is 2.16. The number of ether oxygens (including phenoxy) is 2. The maximum absolute atomic E-state index is 13.3. The molecule has 2 aromatic heterocycles. The van der Waals surface area contributed by atoms with Gasteiger partial charge in [0, 0.05) is 23.6 Å². The summed E-state index contributed by atoms with van der Waals surface area (Å²) in [6.45, 7) is -0.0598. The van der Waals surface area contributed by atoms with Gasteiger partial charge in [-0.25, -0.2) is 8.91 Å². The zero-order valence-corrected chi connectivity index (χ0v) is 16.6. The van der Waals surface area contributed by atoms with Gasteiger partial charge in [-0.1, -0.05) is 11.6 Å². The maximum Gasteiger partial charge on any atom is 0.277 e. The van der Waals surface area contributed by atoms with Crippen molar-refractivity contribution in [2.75, 3.05) is 12.1 Å². The first-order valence-electron chi connectivity index (χ1n) is 9.22. The van der Waals surface area contributed by atoms with E-state index in [1.807, 2.05) is 6.07 Å². The SMILES string of the molecule is O=C(Cn1ccn2nc(-c3ccc4c(c3)OCO4)cc2c1=O)Nc1ccc(F)c(Cl)c1. The molecule has 0 atom stereocenters. The maximum atomic E-state index is 13.3. The summed E-state index contributed by atoms with van der Waals surface area (Å²) in [6, 6.07) is 10.9. The number of nitrogens with one attached hydrogen (secondary N) is 1. The largest absolute Gasteiger partial charge is 0.454 e. The number of fused-ring (bicyclic) bond motifs is 2. The molecule has 5 rings (SSSR count). The summed E-state index contributed by atoms with van der Waals surface area (Å²) in [5, 5.41) is 6.92. The van der Waals surface area contributed by atoms with Crippen molar-refractivity contribution < 1.29 is 18.7 Å². The summed E-state index contributed by atoms with van der Waals surface area (Å²) in [5.74, 6) is 0.234. The molecule has 0 aliphatic carbocycles. The monoisotopic (exact) mass is 440 g/mol. The number of carbonyl (C=O) groups excluding carboxylic acids is 1. The Morgan fingerprint density at radius 2 is 1.97 bits per heavy atom. The summed E-state index contributed by atoms with van der Waals surface area (Å²) in [4.78, 5) is 25.2. The molecule has 1 amide bonds. The number of aromatic nitrogens is 3. The van der Waals surface area contributed by atoms with Crippen LogP contribution in [0.5, 0.6) is 11.5 Å². The topological polar surface area (TPSA) is 86.9 Å². The molecule has 4 aromatic rings. The summed E-state index contributed by atoms with van der Waals surface area (Å²) in [7, 11) is 0. The fraction of sp³-hybridized carbons (Fsp3) is 0.0952. The third kappa shape index (κ3) is 3.59. The standard InChI is InChI=1S/C21H14ClFN4O4/c22-14-8-13(2-3-15(14)23)24-20(28)10-26-5-6-27-17(21(26)29)9-16(25-27)12-1-4-18-19(7-12)31-11-30-18/h1-9H,10-11H2,(H,24,28). The fourth-order valence-electron chi connectivity index (χ4n) is 3.28. The smallest absolute Gasteiger partial charge is 0.277 e. The number of halogens is 2. The average Bonchev–Trinajstić information content (AvgIpc) is 3.39. The van der Waals surface area contributed by atoms with Gasteiger partial charge in [-0.3, -0.25) is 9.59 Å². The predicted molar refractivity (Wildman–Crippen MR) is 111 cm³/mol. The van der Waals surface area contributed by atoms with Crippen LogP contribution in [0.4, 0.5) is 10.1 Å². The van der Waals surface area contributed by atoms with Crippen LogP contribution in [0.15, 0.2) is 59.7 Å². The third-order valence-corrected chi connectivity index (χ3v) is 5.08. The van der Waals surface area contributed by atoms with Crippen LogP contribution in [0.1, 0.15) is 0 Å². The highest BCUT2D eigenvalue weighted by Crippen LogP contribution is 2.35. The molecule has 3 heterocycles. The molecule has 0 unspecified atom stereocenters. The lowest BCUT2D eigenvalue weighted by Gasteiger charge is -2.08. The molecule has 0 bridgehead atoms. The van der Waals surface area contributed by atoms with Crippen molar-refractivity contribution in [3.63, 3.8) is 0 Å². The van der Waals surface area contributed by atoms with Gasteiger partial charge < -0.3 is 19.4 Å². The van der Waals surface area contributed by atoms with Crippen LogP contribution in [0.25, 0.3) is 16.8 Å². The molecule has 8 nitrogen and oxygen atoms in total. The number of anilines is 1. The van der Waals surface area contributed by atoms with Gasteiger partial charge in [0.15, 0.2) is 11.5 Å². The zero-order chi connectivity index (χ0) is 21.5. The molecule has 0 fully saturated rings. The zero-order valence-electron chi connectivity index (χ0n) is 15.8. The van der Waals surface area contributed by atoms with Crippen LogP contribution in [-0.4, -0.2) is 26.9 Å². The lowest BCUT2D eigenvalue weighted by molar-refractivity contribution is -0.116. The first-order chi connectivity index (χ1) is 15.0. The Morgan fingerprint density at radius 3 is 2.81 bits per heavy atom. The van der Waals surface area contributed by atoms with Crippen molar-refractivity contribution in [1.82, 2.24) is 14.2 Å². The Bertz CT molecular complexity index is 1400. The van der Waals surface area contributed by atoms with Gasteiger partial charge in [0.25, 0.3) is 5.56 Å². The normalized spacial score (nSPS) is 12.3. The van der Waals surface area contributed by atoms with Crippen molar-refractivity contribution in [2.45, 2.75) is 6.54 Å². The summed E-state index contributed by atoms with van der Waals surface area (Å²) in [5.41, 5.74) is 1.62. The van der Waals surface area contributed by atoms with Gasteiger partial charge in [-0.2, -0.15) is 5.10 Å². The minimum Gasteiger partial charge on any atom is -0.454 e. The van der Waals surface area contributed by atoms with Crippen molar-refractivity contribution in [1.29, 1.82) is 0 Å². The van der Waals surface area contributed by atoms with Crippen LogP contribution in [0, 0.1) is 5.82 Å². The number of hydrogen-bond donors (Lipinski definition) is 1. The Labute approximate surface area is 179 Å². The lowest BCUT2D eigenvalue weighted by atomic mass is 10.1. The average molecular weight is 441 g/mol. The third-order valence-electron chi connectivity index (χ3n) is 4.79. The Balaban J connectivity index is 1.40. The molecule has 1 aliphatic rings. The fourth-order valence-corrected chi connectivity index (χ4v) is 3.46. The van der Waals surface area contributed by atoms with E-state index in [1.54, 1.807) is 24.4 Å². The van der Waals surface area contributed by atoms with Crippen molar-refractivity contribution in [3.05, 3.63) is 76.1 Å². The quantitative estimate of drug-likeness (QED) is 0.526. The molecule has 156 valence electrons. The van der Waals surface area contributed by atoms with Gasteiger partial charge in [-0.15, -0.1) is 0 Å². The molecule has 31 heavy (non-hydrogen) atoms. The van der Waals surface area contributed by atoms with Crippen LogP contribution in [-0.2, 0) is 11.3 Å². The van der Waals surface area contributed by atoms with E-state index >= 15 is 0 Å². The molecule has 0 saturated heterocycles. The molecule has 1 aliphatic heterocycles. The number of amides is 1. The van der Waals surface area contributed by atoms with E-state index in [1.165, 1.54) is 27.4 Å². The first-order valence-corrected chi connectivity index (χ1v) is 9.59. The molecule has 0 spiro atoms. The van der Waals surface area contributed by atoms with E-state index in [-0.39, 0.29) is 23.9 Å². The molecule has 0 saturated carbocycles. The van der Waals surface area contributed by atoms with Gasteiger partial charge in [0.1, 0.15) is 17.9 Å². The van der Waals surface area contributed by atoms with E-state index < -0.39 is 11.7 Å². The second-order valence-electron chi connectivity index (χ2n) is 6.84. The number of nitrogens with zero attached hydrogens (tertiary/aromatic N) is 3. The Hall–Kier alpha value is -3.85. The first kappa shape index (κ1) is 19.1. The highest BCUT2D eigenvalue weighted by molar-refractivity contribution is 6.31. The van der Waals surface area contributed by atoms with Gasteiger partial charge >= 0.3 is 0 Å². The summed E-state index contributed by atoms with van der Waals surface area (Å²) < 4.78 is 26.7. The highest BCUT2D eigenvalue weighted by atomic mass is 35.5. The van der Waals surface area contributed by atoms with Gasteiger partial charge in [0.05, 0.1) is 10.7 Å². The lowest BCUT2D eigenvalue weighted by Crippen LogP contribution is -2.28. The molecule has 0 radical (unpaired) electrons. The van der Waals surface area contributed by atoms with Gasteiger partial charge in [0.2, 0.25) is 12.7 Å². The predicted octanol–water partition coefficient (Wildman–Crippen LogP) is 3.32. The Kier molecular flexibility index (Phi) is 4.59. The summed E-state index contributed by atoms with van der Waals surface area (Å²) >= 11 is 5.73.